The second kappa shape index (κ2) is 9.35. The minimum atomic E-state index is -0.0304. The van der Waals surface area contributed by atoms with Crippen molar-refractivity contribution in [3.63, 3.8) is 0 Å². The molecule has 8 heteroatoms. The van der Waals surface area contributed by atoms with E-state index in [9.17, 15) is 4.79 Å². The quantitative estimate of drug-likeness (QED) is 0.453. The molecule has 1 saturated heterocycles. The number of aromatic nitrogens is 4. The van der Waals surface area contributed by atoms with Gasteiger partial charge in [0.2, 0.25) is 0 Å². The Kier molecular flexibility index (Phi) is 5.95. The maximum Gasteiger partial charge on any atom is 0.257 e. The highest BCUT2D eigenvalue weighted by Crippen LogP contribution is 2.27. The molecule has 0 bridgehead atoms. The monoisotopic (exact) mass is 454 g/mol. The number of hydrogen-bond donors (Lipinski definition) is 0. The van der Waals surface area contributed by atoms with E-state index in [2.05, 4.69) is 20.2 Å². The Labute approximate surface area is 198 Å². The lowest BCUT2D eigenvalue weighted by Crippen LogP contribution is -2.49. The average Bonchev–Trinajstić information content (AvgIpc) is 3.22. The largest absolute Gasteiger partial charge is 0.457 e. The number of carbonyl (C=O) groups is 1. The Balaban J connectivity index is 1.24. The summed E-state index contributed by atoms with van der Waals surface area (Å²) in [5, 5.41) is 13.2. The molecule has 34 heavy (non-hydrogen) atoms. The van der Waals surface area contributed by atoms with Crippen LogP contribution >= 0.6 is 0 Å². The van der Waals surface area contributed by atoms with Gasteiger partial charge in [0, 0.05) is 31.9 Å². The van der Waals surface area contributed by atoms with Crippen molar-refractivity contribution in [2.24, 2.45) is 0 Å². The third-order valence-electron chi connectivity index (χ3n) is 5.84. The number of para-hydroxylation sites is 2. The number of benzene rings is 2. The molecule has 1 amide bonds. The molecule has 4 aromatic rings. The highest BCUT2D eigenvalue weighted by molar-refractivity contribution is 5.97. The lowest BCUT2D eigenvalue weighted by Gasteiger charge is -2.35. The fraction of sp³-hybridized carbons (Fsp3) is 0.231. The summed E-state index contributed by atoms with van der Waals surface area (Å²) in [6.07, 6.45) is 0. The maximum absolute atomic E-state index is 13.3. The molecule has 1 aliphatic rings. The Hall–Kier alpha value is -4.20. The standard InChI is InChI=1S/C26H26N6O2/c1-19-18-20(2)32(29-19)25-13-12-24(27-28-25)30-14-16-31(17-15-30)26(33)22-10-6-7-11-23(22)34-21-8-4-3-5-9-21/h3-13,18H,14-17H2,1-2H3. The van der Waals surface area contributed by atoms with Crippen molar-refractivity contribution < 1.29 is 9.53 Å². The van der Waals surface area contributed by atoms with Gasteiger partial charge in [-0.15, -0.1) is 10.2 Å². The fourth-order valence-electron chi connectivity index (χ4n) is 4.12. The van der Waals surface area contributed by atoms with Crippen molar-refractivity contribution >= 4 is 11.7 Å². The van der Waals surface area contributed by atoms with Crippen LogP contribution in [0.5, 0.6) is 11.5 Å². The number of hydrogen-bond acceptors (Lipinski definition) is 6. The number of piperazine rings is 1. The van der Waals surface area contributed by atoms with Crippen LogP contribution in [0.2, 0.25) is 0 Å². The highest BCUT2D eigenvalue weighted by Gasteiger charge is 2.25. The van der Waals surface area contributed by atoms with Crippen LogP contribution in [0.4, 0.5) is 5.82 Å². The smallest absolute Gasteiger partial charge is 0.257 e. The van der Waals surface area contributed by atoms with E-state index < -0.39 is 0 Å². The molecule has 5 rings (SSSR count). The van der Waals surface area contributed by atoms with Gasteiger partial charge in [-0.3, -0.25) is 4.79 Å². The molecule has 0 unspecified atom stereocenters. The van der Waals surface area contributed by atoms with Gasteiger partial charge in [0.1, 0.15) is 11.5 Å². The van der Waals surface area contributed by atoms with Crippen LogP contribution in [0.1, 0.15) is 21.7 Å². The summed E-state index contributed by atoms with van der Waals surface area (Å²) in [6, 6.07) is 22.8. The summed E-state index contributed by atoms with van der Waals surface area (Å²) in [5.74, 6) is 2.72. The van der Waals surface area contributed by atoms with Crippen molar-refractivity contribution in [3.8, 4) is 17.3 Å². The molecule has 1 aliphatic heterocycles. The maximum atomic E-state index is 13.3. The predicted molar refractivity (Wildman–Crippen MR) is 130 cm³/mol. The van der Waals surface area contributed by atoms with E-state index in [1.54, 1.807) is 4.68 Å². The van der Waals surface area contributed by atoms with E-state index in [-0.39, 0.29) is 5.91 Å². The summed E-state index contributed by atoms with van der Waals surface area (Å²) in [5.41, 5.74) is 2.52. The molecule has 172 valence electrons. The van der Waals surface area contributed by atoms with Gasteiger partial charge < -0.3 is 14.5 Å². The second-order valence-electron chi connectivity index (χ2n) is 8.28. The van der Waals surface area contributed by atoms with E-state index in [1.165, 1.54) is 0 Å². The van der Waals surface area contributed by atoms with Gasteiger partial charge in [-0.05, 0) is 56.3 Å². The molecule has 0 atom stereocenters. The highest BCUT2D eigenvalue weighted by atomic mass is 16.5. The molecule has 2 aromatic carbocycles. The lowest BCUT2D eigenvalue weighted by molar-refractivity contribution is 0.0744. The van der Waals surface area contributed by atoms with E-state index in [4.69, 9.17) is 4.74 Å². The number of ether oxygens (including phenoxy) is 1. The Morgan fingerprint density at radius 2 is 1.50 bits per heavy atom. The molecule has 0 spiro atoms. The van der Waals surface area contributed by atoms with Crippen molar-refractivity contribution in [2.45, 2.75) is 13.8 Å². The van der Waals surface area contributed by atoms with Gasteiger partial charge in [-0.1, -0.05) is 30.3 Å². The second-order valence-corrected chi connectivity index (χ2v) is 8.28. The van der Waals surface area contributed by atoms with E-state index in [1.807, 2.05) is 91.5 Å². The first-order valence-corrected chi connectivity index (χ1v) is 11.3. The van der Waals surface area contributed by atoms with Crippen LogP contribution < -0.4 is 9.64 Å². The van der Waals surface area contributed by atoms with Gasteiger partial charge in [-0.2, -0.15) is 5.10 Å². The summed E-state index contributed by atoms with van der Waals surface area (Å²) in [4.78, 5) is 17.3. The minimum absolute atomic E-state index is 0.0304. The fourth-order valence-corrected chi connectivity index (χ4v) is 4.12. The molecular weight excluding hydrogens is 428 g/mol. The molecule has 1 fully saturated rings. The Morgan fingerprint density at radius 1 is 0.824 bits per heavy atom. The Morgan fingerprint density at radius 3 is 2.18 bits per heavy atom. The molecule has 0 saturated carbocycles. The van der Waals surface area contributed by atoms with Crippen LogP contribution in [0.3, 0.4) is 0 Å². The molecule has 0 N–H and O–H groups in total. The first kappa shape index (κ1) is 21.6. The Bertz CT molecular complexity index is 1280. The van der Waals surface area contributed by atoms with Crippen LogP contribution in [0.15, 0.2) is 72.8 Å². The van der Waals surface area contributed by atoms with E-state index >= 15 is 0 Å². The number of aryl methyl sites for hydroxylation is 2. The van der Waals surface area contributed by atoms with Crippen LogP contribution in [0.25, 0.3) is 5.82 Å². The molecule has 2 aromatic heterocycles. The zero-order chi connectivity index (χ0) is 23.5. The molecule has 3 heterocycles. The van der Waals surface area contributed by atoms with Crippen LogP contribution in [-0.2, 0) is 0 Å². The number of anilines is 1. The average molecular weight is 455 g/mol. The molecule has 0 aliphatic carbocycles. The first-order chi connectivity index (χ1) is 16.6. The van der Waals surface area contributed by atoms with Crippen LogP contribution in [-0.4, -0.2) is 57.0 Å². The van der Waals surface area contributed by atoms with Gasteiger partial charge in [0.05, 0.1) is 11.3 Å². The third-order valence-corrected chi connectivity index (χ3v) is 5.84. The lowest BCUT2D eigenvalue weighted by atomic mass is 10.1. The first-order valence-electron chi connectivity index (χ1n) is 11.3. The SMILES string of the molecule is Cc1cc(C)n(-c2ccc(N3CCN(C(=O)c4ccccc4Oc4ccccc4)CC3)nn2)n1. The molecule has 0 radical (unpaired) electrons. The summed E-state index contributed by atoms with van der Waals surface area (Å²) >= 11 is 0. The predicted octanol–water partition coefficient (Wildman–Crippen LogP) is 4.03. The van der Waals surface area contributed by atoms with Gasteiger partial charge in [0.15, 0.2) is 11.6 Å². The summed E-state index contributed by atoms with van der Waals surface area (Å²) in [6.45, 7) is 6.51. The number of amides is 1. The topological polar surface area (TPSA) is 76.4 Å². The molecular formula is C26H26N6O2. The van der Waals surface area contributed by atoms with E-state index in [0.29, 0.717) is 49.1 Å². The van der Waals surface area contributed by atoms with Crippen molar-refractivity contribution in [2.75, 3.05) is 31.1 Å². The van der Waals surface area contributed by atoms with Gasteiger partial charge >= 0.3 is 0 Å². The normalized spacial score (nSPS) is 13.7. The number of rotatable bonds is 5. The van der Waals surface area contributed by atoms with Gasteiger partial charge in [-0.25, -0.2) is 4.68 Å². The number of nitrogens with zero attached hydrogens (tertiary/aromatic N) is 6. The molecule has 8 nitrogen and oxygen atoms in total. The van der Waals surface area contributed by atoms with Crippen LogP contribution in [0, 0.1) is 13.8 Å². The van der Waals surface area contributed by atoms with E-state index in [0.717, 1.165) is 17.2 Å². The zero-order valence-electron chi connectivity index (χ0n) is 19.3. The summed E-state index contributed by atoms with van der Waals surface area (Å²) in [7, 11) is 0. The summed E-state index contributed by atoms with van der Waals surface area (Å²) < 4.78 is 7.78. The van der Waals surface area contributed by atoms with Crippen molar-refractivity contribution in [1.29, 1.82) is 0 Å². The third kappa shape index (κ3) is 4.47. The van der Waals surface area contributed by atoms with Gasteiger partial charge in [0.25, 0.3) is 5.91 Å². The zero-order valence-corrected chi connectivity index (χ0v) is 19.3. The minimum Gasteiger partial charge on any atom is -0.457 e. The number of carbonyl (C=O) groups excluding carboxylic acids is 1. The van der Waals surface area contributed by atoms with Crippen molar-refractivity contribution in [3.05, 3.63) is 89.7 Å². The van der Waals surface area contributed by atoms with Crippen molar-refractivity contribution in [1.82, 2.24) is 24.9 Å².